The van der Waals surface area contributed by atoms with E-state index < -0.39 is 0 Å². The lowest BCUT2D eigenvalue weighted by atomic mass is 9.85. The number of halogens is 1. The Morgan fingerprint density at radius 3 is 2.79 bits per heavy atom. The number of hydrogen-bond acceptors (Lipinski definition) is 3. The van der Waals surface area contributed by atoms with Gasteiger partial charge in [-0.3, -0.25) is 4.79 Å². The normalized spacial score (nSPS) is 19.0. The third kappa shape index (κ3) is 3.60. The van der Waals surface area contributed by atoms with Crippen LogP contribution in [0.2, 0.25) is 5.15 Å². The van der Waals surface area contributed by atoms with E-state index in [0.29, 0.717) is 11.0 Å². The molecule has 1 fully saturated rings. The third-order valence-electron chi connectivity index (χ3n) is 3.69. The largest absolute Gasteiger partial charge is 0.384 e. The average molecular weight is 282 g/mol. The van der Waals surface area contributed by atoms with Gasteiger partial charge in [0.25, 0.3) is 5.91 Å². The number of nitrogens with two attached hydrogens (primary N) is 1. The fraction of sp³-hybridized carbons (Fsp3) is 0.571. The number of carbonyl (C=O) groups is 1. The van der Waals surface area contributed by atoms with Gasteiger partial charge < -0.3 is 10.6 Å². The first kappa shape index (κ1) is 14.1. The van der Waals surface area contributed by atoms with E-state index >= 15 is 0 Å². The number of anilines is 1. The lowest BCUT2D eigenvalue weighted by Crippen LogP contribution is -2.32. The van der Waals surface area contributed by atoms with Crippen molar-refractivity contribution in [2.24, 2.45) is 5.41 Å². The monoisotopic (exact) mass is 281 g/mol. The van der Waals surface area contributed by atoms with Gasteiger partial charge >= 0.3 is 0 Å². The lowest BCUT2D eigenvalue weighted by molar-refractivity contribution is 0.0757. The van der Waals surface area contributed by atoms with Gasteiger partial charge in [0.2, 0.25) is 0 Å². The highest BCUT2D eigenvalue weighted by atomic mass is 35.5. The smallest absolute Gasteiger partial charge is 0.254 e. The van der Waals surface area contributed by atoms with E-state index in [2.05, 4.69) is 18.8 Å². The quantitative estimate of drug-likeness (QED) is 0.805. The van der Waals surface area contributed by atoms with Crippen molar-refractivity contribution in [3.05, 3.63) is 22.8 Å². The van der Waals surface area contributed by atoms with Crippen LogP contribution < -0.4 is 5.73 Å². The molecule has 5 heteroatoms. The molecule has 0 atom stereocenters. The standard InChI is InChI=1S/C14H20ClN3O/c1-14(2)4-3-6-18(7-5-14)13(19)10-8-11(15)17-12(16)9-10/h8-9H,3-7H2,1-2H3,(H2,16,17). The summed E-state index contributed by atoms with van der Waals surface area (Å²) in [6.45, 7) is 6.08. The minimum atomic E-state index is -0.00583. The van der Waals surface area contributed by atoms with Crippen LogP contribution in [0.15, 0.2) is 12.1 Å². The number of pyridine rings is 1. The Kier molecular flexibility index (Phi) is 3.99. The zero-order chi connectivity index (χ0) is 14.0. The van der Waals surface area contributed by atoms with E-state index in [1.165, 1.54) is 0 Å². The second-order valence-electron chi connectivity index (χ2n) is 5.91. The number of rotatable bonds is 1. The second-order valence-corrected chi connectivity index (χ2v) is 6.30. The molecule has 1 saturated heterocycles. The molecule has 4 nitrogen and oxygen atoms in total. The maximum atomic E-state index is 12.5. The molecular formula is C14H20ClN3O. The number of nitrogen functional groups attached to an aromatic ring is 1. The van der Waals surface area contributed by atoms with E-state index in [9.17, 15) is 4.79 Å². The van der Waals surface area contributed by atoms with E-state index in [-0.39, 0.29) is 16.9 Å². The summed E-state index contributed by atoms with van der Waals surface area (Å²) in [6.07, 6.45) is 3.20. The second kappa shape index (κ2) is 5.37. The first-order valence-electron chi connectivity index (χ1n) is 6.60. The van der Waals surface area contributed by atoms with Gasteiger partial charge in [-0.05, 0) is 36.8 Å². The number of carbonyl (C=O) groups excluding carboxylic acids is 1. The predicted octanol–water partition coefficient (Wildman–Crippen LogP) is 2.97. The molecule has 0 saturated carbocycles. The van der Waals surface area contributed by atoms with Gasteiger partial charge in [-0.25, -0.2) is 4.98 Å². The van der Waals surface area contributed by atoms with E-state index in [4.69, 9.17) is 17.3 Å². The fourth-order valence-corrected chi connectivity index (χ4v) is 2.66. The minimum Gasteiger partial charge on any atom is -0.384 e. The fourth-order valence-electron chi connectivity index (χ4n) is 2.45. The van der Waals surface area contributed by atoms with E-state index in [1.807, 2.05) is 4.90 Å². The van der Waals surface area contributed by atoms with Gasteiger partial charge in [-0.1, -0.05) is 25.4 Å². The highest BCUT2D eigenvalue weighted by Gasteiger charge is 2.26. The van der Waals surface area contributed by atoms with Crippen LogP contribution in [0.5, 0.6) is 0 Å². The molecule has 2 heterocycles. The number of hydrogen-bond donors (Lipinski definition) is 1. The minimum absolute atomic E-state index is 0.00583. The molecule has 0 radical (unpaired) electrons. The van der Waals surface area contributed by atoms with Crippen molar-refractivity contribution in [3.63, 3.8) is 0 Å². The lowest BCUT2D eigenvalue weighted by Gasteiger charge is -2.23. The number of likely N-dealkylation sites (tertiary alicyclic amines) is 1. The van der Waals surface area contributed by atoms with Gasteiger partial charge in [0.05, 0.1) is 0 Å². The molecule has 0 spiro atoms. The van der Waals surface area contributed by atoms with Crippen molar-refractivity contribution in [3.8, 4) is 0 Å². The first-order chi connectivity index (χ1) is 8.87. The van der Waals surface area contributed by atoms with Gasteiger partial charge in [0.1, 0.15) is 11.0 Å². The van der Waals surface area contributed by atoms with Gasteiger partial charge in [0, 0.05) is 18.7 Å². The van der Waals surface area contributed by atoms with Crippen molar-refractivity contribution in [2.75, 3.05) is 18.8 Å². The Morgan fingerprint density at radius 1 is 1.37 bits per heavy atom. The van der Waals surface area contributed by atoms with Gasteiger partial charge in [0.15, 0.2) is 0 Å². The van der Waals surface area contributed by atoms with Crippen LogP contribution >= 0.6 is 11.6 Å². The zero-order valence-electron chi connectivity index (χ0n) is 11.4. The zero-order valence-corrected chi connectivity index (χ0v) is 12.2. The Bertz CT molecular complexity index is 467. The van der Waals surface area contributed by atoms with Crippen molar-refractivity contribution < 1.29 is 4.79 Å². The van der Waals surface area contributed by atoms with Crippen LogP contribution in [-0.4, -0.2) is 28.9 Å². The molecule has 0 aliphatic carbocycles. The molecule has 2 rings (SSSR count). The van der Waals surface area contributed by atoms with Crippen LogP contribution in [0.1, 0.15) is 43.5 Å². The average Bonchev–Trinajstić information content (AvgIpc) is 2.48. The Labute approximate surface area is 118 Å². The van der Waals surface area contributed by atoms with Gasteiger partial charge in [-0.15, -0.1) is 0 Å². The highest BCUT2D eigenvalue weighted by molar-refractivity contribution is 6.29. The topological polar surface area (TPSA) is 59.2 Å². The molecule has 0 unspecified atom stereocenters. The van der Waals surface area contributed by atoms with Crippen molar-refractivity contribution in [1.82, 2.24) is 9.88 Å². The van der Waals surface area contributed by atoms with E-state index in [1.54, 1.807) is 12.1 Å². The maximum Gasteiger partial charge on any atom is 0.254 e. The highest BCUT2D eigenvalue weighted by Crippen LogP contribution is 2.30. The van der Waals surface area contributed by atoms with Crippen LogP contribution in [0.25, 0.3) is 0 Å². The number of nitrogens with zero attached hydrogens (tertiary/aromatic N) is 2. The first-order valence-corrected chi connectivity index (χ1v) is 6.97. The molecule has 1 aromatic heterocycles. The van der Waals surface area contributed by atoms with Crippen molar-refractivity contribution >= 4 is 23.3 Å². The Morgan fingerprint density at radius 2 is 2.11 bits per heavy atom. The molecule has 2 N–H and O–H groups in total. The summed E-state index contributed by atoms with van der Waals surface area (Å²) in [5, 5.41) is 0.263. The molecule has 104 valence electrons. The Hall–Kier alpha value is -1.29. The molecule has 1 aromatic rings. The summed E-state index contributed by atoms with van der Waals surface area (Å²) >= 11 is 5.85. The SMILES string of the molecule is CC1(C)CCCN(C(=O)c2cc(N)nc(Cl)c2)CC1. The predicted molar refractivity (Wildman–Crippen MR) is 77.2 cm³/mol. The molecular weight excluding hydrogens is 262 g/mol. The van der Waals surface area contributed by atoms with Crippen LogP contribution in [0.4, 0.5) is 5.82 Å². The van der Waals surface area contributed by atoms with E-state index in [0.717, 1.165) is 32.4 Å². The maximum absolute atomic E-state index is 12.5. The van der Waals surface area contributed by atoms with Crippen molar-refractivity contribution in [2.45, 2.75) is 33.1 Å². The van der Waals surface area contributed by atoms with Crippen LogP contribution in [0.3, 0.4) is 0 Å². The summed E-state index contributed by atoms with van der Waals surface area (Å²) in [5.41, 5.74) is 6.47. The molecule has 0 bridgehead atoms. The summed E-state index contributed by atoms with van der Waals surface area (Å²) < 4.78 is 0. The number of aromatic nitrogens is 1. The summed E-state index contributed by atoms with van der Waals surface area (Å²) in [7, 11) is 0. The molecule has 19 heavy (non-hydrogen) atoms. The molecule has 1 aliphatic heterocycles. The summed E-state index contributed by atoms with van der Waals surface area (Å²) in [6, 6.07) is 3.17. The van der Waals surface area contributed by atoms with Crippen LogP contribution in [0, 0.1) is 5.41 Å². The molecule has 1 amide bonds. The van der Waals surface area contributed by atoms with Crippen molar-refractivity contribution in [1.29, 1.82) is 0 Å². The van der Waals surface area contributed by atoms with Crippen LogP contribution in [-0.2, 0) is 0 Å². The summed E-state index contributed by atoms with van der Waals surface area (Å²) in [4.78, 5) is 18.2. The Balaban J connectivity index is 2.15. The number of amides is 1. The molecule has 1 aliphatic rings. The summed E-state index contributed by atoms with van der Waals surface area (Å²) in [5.74, 6) is 0.278. The molecule has 0 aromatic carbocycles. The van der Waals surface area contributed by atoms with Gasteiger partial charge in [-0.2, -0.15) is 0 Å². The third-order valence-corrected chi connectivity index (χ3v) is 3.88.